The van der Waals surface area contributed by atoms with Crippen molar-refractivity contribution in [2.75, 3.05) is 26.9 Å². The highest BCUT2D eigenvalue weighted by atomic mass is 16.6. The van der Waals surface area contributed by atoms with Crippen molar-refractivity contribution in [1.29, 1.82) is 0 Å². The van der Waals surface area contributed by atoms with Gasteiger partial charge in [-0.25, -0.2) is 0 Å². The van der Waals surface area contributed by atoms with Crippen molar-refractivity contribution in [3.8, 4) is 17.2 Å². The van der Waals surface area contributed by atoms with Crippen LogP contribution in [0, 0.1) is 5.92 Å². The molecule has 33 heavy (non-hydrogen) atoms. The largest absolute Gasteiger partial charge is 0.497 e. The van der Waals surface area contributed by atoms with Gasteiger partial charge >= 0.3 is 0 Å². The Balaban J connectivity index is 1.70. The lowest BCUT2D eigenvalue weighted by Crippen LogP contribution is -2.48. The molecule has 178 valence electrons. The van der Waals surface area contributed by atoms with Gasteiger partial charge in [0, 0.05) is 19.5 Å². The van der Waals surface area contributed by atoms with E-state index >= 15 is 0 Å². The molecule has 2 amide bonds. The van der Waals surface area contributed by atoms with Crippen molar-refractivity contribution < 1.29 is 23.8 Å². The van der Waals surface area contributed by atoms with E-state index in [0.717, 1.165) is 22.6 Å². The first-order valence-electron chi connectivity index (χ1n) is 11.5. The number of hydrogen-bond donors (Lipinski definition) is 1. The number of hydrogen-bond acceptors (Lipinski definition) is 5. The predicted octanol–water partition coefficient (Wildman–Crippen LogP) is 3.59. The molecule has 1 heterocycles. The summed E-state index contributed by atoms with van der Waals surface area (Å²) in [5, 5.41) is 2.95. The van der Waals surface area contributed by atoms with Crippen molar-refractivity contribution >= 4 is 11.8 Å². The van der Waals surface area contributed by atoms with Gasteiger partial charge in [-0.15, -0.1) is 0 Å². The number of rotatable bonds is 10. The number of nitrogens with one attached hydrogen (secondary N) is 1. The van der Waals surface area contributed by atoms with Gasteiger partial charge in [-0.05, 0) is 54.7 Å². The Morgan fingerprint density at radius 2 is 1.67 bits per heavy atom. The number of aryl methyl sites for hydroxylation is 1. The van der Waals surface area contributed by atoms with Crippen LogP contribution in [-0.2, 0) is 22.6 Å². The van der Waals surface area contributed by atoms with Crippen molar-refractivity contribution in [2.45, 2.75) is 46.2 Å². The summed E-state index contributed by atoms with van der Waals surface area (Å²) in [6, 6.07) is 12.7. The molecule has 0 aliphatic carbocycles. The molecule has 3 rings (SSSR count). The van der Waals surface area contributed by atoms with Gasteiger partial charge in [-0.1, -0.05) is 32.0 Å². The molecule has 2 aromatic rings. The molecular weight excluding hydrogens is 420 g/mol. The average Bonchev–Trinajstić information content (AvgIpc) is 2.84. The number of ether oxygens (including phenoxy) is 3. The maximum Gasteiger partial charge on any atom is 0.242 e. The Kier molecular flexibility index (Phi) is 8.58. The molecule has 7 heteroatoms. The molecule has 0 radical (unpaired) electrons. The average molecular weight is 455 g/mol. The Labute approximate surface area is 196 Å². The summed E-state index contributed by atoms with van der Waals surface area (Å²) < 4.78 is 16.4. The lowest BCUT2D eigenvalue weighted by Gasteiger charge is -2.29. The molecule has 0 bridgehead atoms. The second-order valence-corrected chi connectivity index (χ2v) is 8.66. The summed E-state index contributed by atoms with van der Waals surface area (Å²) in [5.41, 5.74) is 1.93. The third-order valence-electron chi connectivity index (χ3n) is 5.60. The second-order valence-electron chi connectivity index (χ2n) is 8.66. The number of nitrogens with zero attached hydrogens (tertiary/aromatic N) is 1. The van der Waals surface area contributed by atoms with Crippen LogP contribution in [0.5, 0.6) is 17.2 Å². The van der Waals surface area contributed by atoms with E-state index in [0.29, 0.717) is 44.4 Å². The summed E-state index contributed by atoms with van der Waals surface area (Å²) in [6.07, 6.45) is 0.840. The minimum absolute atomic E-state index is 0.0760. The second kappa shape index (κ2) is 11.6. The number of benzene rings is 2. The van der Waals surface area contributed by atoms with Crippen LogP contribution >= 0.6 is 0 Å². The van der Waals surface area contributed by atoms with Gasteiger partial charge in [-0.3, -0.25) is 9.59 Å². The van der Waals surface area contributed by atoms with Gasteiger partial charge in [0.15, 0.2) is 11.5 Å². The lowest BCUT2D eigenvalue weighted by molar-refractivity contribution is -0.140. The van der Waals surface area contributed by atoms with E-state index in [2.05, 4.69) is 5.32 Å². The maximum atomic E-state index is 13.3. The molecule has 1 aliphatic heterocycles. The molecule has 2 aromatic carbocycles. The van der Waals surface area contributed by atoms with E-state index in [4.69, 9.17) is 14.2 Å². The van der Waals surface area contributed by atoms with E-state index in [9.17, 15) is 9.59 Å². The molecule has 0 saturated carbocycles. The van der Waals surface area contributed by atoms with E-state index in [-0.39, 0.29) is 18.2 Å². The van der Waals surface area contributed by atoms with Crippen LogP contribution in [0.3, 0.4) is 0 Å². The Morgan fingerprint density at radius 3 is 2.33 bits per heavy atom. The number of methoxy groups -OCH3 is 1. The molecular formula is C26H34N2O5. The number of carbonyl (C=O) groups is 2. The monoisotopic (exact) mass is 454 g/mol. The maximum absolute atomic E-state index is 13.3. The summed E-state index contributed by atoms with van der Waals surface area (Å²) in [4.78, 5) is 27.7. The van der Waals surface area contributed by atoms with Crippen molar-refractivity contribution in [2.24, 2.45) is 5.92 Å². The predicted molar refractivity (Wildman–Crippen MR) is 127 cm³/mol. The van der Waals surface area contributed by atoms with Crippen molar-refractivity contribution in [1.82, 2.24) is 10.2 Å². The molecule has 1 unspecified atom stereocenters. The van der Waals surface area contributed by atoms with Gasteiger partial charge in [-0.2, -0.15) is 0 Å². The normalized spacial score (nSPS) is 13.4. The fraction of sp³-hybridized carbons (Fsp3) is 0.462. The Hall–Kier alpha value is -3.22. The molecule has 0 fully saturated rings. The number of amides is 2. The quantitative estimate of drug-likeness (QED) is 0.594. The summed E-state index contributed by atoms with van der Waals surface area (Å²) in [6.45, 7) is 7.85. The van der Waals surface area contributed by atoms with Crippen LogP contribution < -0.4 is 19.5 Å². The van der Waals surface area contributed by atoms with E-state index in [1.807, 2.05) is 56.3 Å². The minimum atomic E-state index is -0.585. The highest BCUT2D eigenvalue weighted by Gasteiger charge is 2.26. The molecule has 0 aromatic heterocycles. The summed E-state index contributed by atoms with van der Waals surface area (Å²) in [5.74, 6) is 2.30. The summed E-state index contributed by atoms with van der Waals surface area (Å²) >= 11 is 0. The zero-order valence-electron chi connectivity index (χ0n) is 19.9. The number of fused-ring (bicyclic) bond motifs is 1. The van der Waals surface area contributed by atoms with Crippen LogP contribution in [0.4, 0.5) is 0 Å². The fourth-order valence-corrected chi connectivity index (χ4v) is 3.60. The first-order chi connectivity index (χ1) is 15.9. The van der Waals surface area contributed by atoms with Crippen molar-refractivity contribution in [3.63, 3.8) is 0 Å². The third-order valence-corrected chi connectivity index (χ3v) is 5.60. The van der Waals surface area contributed by atoms with Crippen LogP contribution in [0.15, 0.2) is 42.5 Å². The molecule has 1 N–H and O–H groups in total. The van der Waals surface area contributed by atoms with Crippen molar-refractivity contribution in [3.05, 3.63) is 53.6 Å². The van der Waals surface area contributed by atoms with Crippen LogP contribution in [0.2, 0.25) is 0 Å². The van der Waals surface area contributed by atoms with E-state index in [1.165, 1.54) is 0 Å². The van der Waals surface area contributed by atoms with Gasteiger partial charge in [0.2, 0.25) is 11.8 Å². The molecule has 0 saturated heterocycles. The van der Waals surface area contributed by atoms with Crippen LogP contribution in [0.25, 0.3) is 0 Å². The van der Waals surface area contributed by atoms with Crippen LogP contribution in [-0.4, -0.2) is 49.6 Å². The topological polar surface area (TPSA) is 77.1 Å². The van der Waals surface area contributed by atoms with Crippen LogP contribution in [0.1, 0.15) is 38.3 Å². The van der Waals surface area contributed by atoms with Gasteiger partial charge in [0.25, 0.3) is 0 Å². The Bertz CT molecular complexity index is 942. The summed E-state index contributed by atoms with van der Waals surface area (Å²) in [7, 11) is 1.61. The zero-order valence-corrected chi connectivity index (χ0v) is 19.9. The fourth-order valence-electron chi connectivity index (χ4n) is 3.60. The standard InChI is InChI=1S/C26H34N2O5/c1-18(2)16-27-26(30)19(3)28(17-21-5-9-22(31-4)10-6-21)25(29)12-8-20-7-11-23-24(15-20)33-14-13-32-23/h5-7,9-11,15,18-19H,8,12-14,16-17H2,1-4H3,(H,27,30). The molecule has 1 atom stereocenters. The SMILES string of the molecule is COc1ccc(CN(C(=O)CCc2ccc3c(c2)OCCO3)C(C)C(=O)NCC(C)C)cc1. The third kappa shape index (κ3) is 6.88. The first-order valence-corrected chi connectivity index (χ1v) is 11.5. The molecule has 7 nitrogen and oxygen atoms in total. The lowest BCUT2D eigenvalue weighted by atomic mass is 10.1. The molecule has 0 spiro atoms. The van der Waals surface area contributed by atoms with E-state index in [1.54, 1.807) is 18.9 Å². The molecule has 1 aliphatic rings. The van der Waals surface area contributed by atoms with E-state index < -0.39 is 6.04 Å². The first kappa shape index (κ1) is 24.4. The van der Waals surface area contributed by atoms with Gasteiger partial charge < -0.3 is 24.4 Å². The van der Waals surface area contributed by atoms with Gasteiger partial charge in [0.1, 0.15) is 25.0 Å². The highest BCUT2D eigenvalue weighted by Crippen LogP contribution is 2.31. The number of carbonyl (C=O) groups excluding carboxylic acids is 2. The zero-order chi connectivity index (χ0) is 23.8. The van der Waals surface area contributed by atoms with Gasteiger partial charge in [0.05, 0.1) is 7.11 Å². The highest BCUT2D eigenvalue weighted by molar-refractivity contribution is 5.87. The smallest absolute Gasteiger partial charge is 0.242 e. The Morgan fingerprint density at radius 1 is 1.00 bits per heavy atom. The minimum Gasteiger partial charge on any atom is -0.497 e.